The van der Waals surface area contributed by atoms with Crippen molar-refractivity contribution in [2.75, 3.05) is 6.61 Å². The summed E-state index contributed by atoms with van der Waals surface area (Å²) in [6, 6.07) is 0. The number of hydrogen-bond acceptors (Lipinski definition) is 1. The van der Waals surface area contributed by atoms with E-state index in [9.17, 15) is 8.78 Å². The van der Waals surface area contributed by atoms with E-state index in [2.05, 4.69) is 6.58 Å². The minimum atomic E-state index is -2.90. The summed E-state index contributed by atoms with van der Waals surface area (Å²) in [7, 11) is 0. The molecule has 0 aliphatic carbocycles. The predicted octanol–water partition coefficient (Wildman–Crippen LogP) is 1.97. The number of rotatable bonds is 5. The van der Waals surface area contributed by atoms with E-state index in [0.29, 0.717) is 12.8 Å². The molecule has 0 spiro atoms. The standard InChI is InChI=1S/C7H12F2O/c1-2-3-4-5-7(8,9)6-10/h2,10H,1,3-6H2. The Bertz CT molecular complexity index is 102. The fourth-order valence-electron chi connectivity index (χ4n) is 0.584. The molecule has 0 aromatic carbocycles. The normalized spacial score (nSPS) is 11.5. The van der Waals surface area contributed by atoms with Gasteiger partial charge in [-0.05, 0) is 12.8 Å². The van der Waals surface area contributed by atoms with E-state index in [1.165, 1.54) is 0 Å². The van der Waals surface area contributed by atoms with Crippen LogP contribution in [0.5, 0.6) is 0 Å². The number of halogens is 2. The van der Waals surface area contributed by atoms with Gasteiger partial charge in [-0.15, -0.1) is 6.58 Å². The summed E-state index contributed by atoms with van der Waals surface area (Å²) < 4.78 is 24.4. The molecule has 0 amide bonds. The zero-order valence-electron chi connectivity index (χ0n) is 5.82. The van der Waals surface area contributed by atoms with Crippen molar-refractivity contribution in [3.63, 3.8) is 0 Å². The van der Waals surface area contributed by atoms with Crippen LogP contribution in [0.15, 0.2) is 12.7 Å². The summed E-state index contributed by atoms with van der Waals surface area (Å²) in [5, 5.41) is 8.12. The van der Waals surface area contributed by atoms with Gasteiger partial charge in [-0.3, -0.25) is 0 Å². The lowest BCUT2D eigenvalue weighted by Crippen LogP contribution is -2.20. The summed E-state index contributed by atoms with van der Waals surface area (Å²) in [4.78, 5) is 0. The third-order valence-corrected chi connectivity index (χ3v) is 1.18. The lowest BCUT2D eigenvalue weighted by molar-refractivity contribution is -0.0572. The van der Waals surface area contributed by atoms with Gasteiger partial charge in [0, 0.05) is 6.42 Å². The maximum absolute atomic E-state index is 12.2. The molecule has 0 heterocycles. The number of unbranched alkanes of at least 4 members (excludes halogenated alkanes) is 1. The molecule has 60 valence electrons. The van der Waals surface area contributed by atoms with Crippen LogP contribution in [0.1, 0.15) is 19.3 Å². The van der Waals surface area contributed by atoms with Crippen LogP contribution in [0.4, 0.5) is 8.78 Å². The molecule has 0 saturated heterocycles. The van der Waals surface area contributed by atoms with Gasteiger partial charge in [0.15, 0.2) is 0 Å². The predicted molar refractivity (Wildman–Crippen MR) is 36.1 cm³/mol. The molecule has 1 N–H and O–H groups in total. The first-order chi connectivity index (χ1) is 4.62. The Hall–Kier alpha value is -0.440. The lowest BCUT2D eigenvalue weighted by atomic mass is 10.1. The van der Waals surface area contributed by atoms with Gasteiger partial charge < -0.3 is 5.11 Å². The molecule has 0 aromatic heterocycles. The third kappa shape index (κ3) is 4.44. The van der Waals surface area contributed by atoms with E-state index < -0.39 is 12.5 Å². The molecule has 0 bridgehead atoms. The molecule has 0 aliphatic rings. The van der Waals surface area contributed by atoms with Crippen LogP contribution in [0.3, 0.4) is 0 Å². The molecule has 1 nitrogen and oxygen atoms in total. The Labute approximate surface area is 59.4 Å². The molecular weight excluding hydrogens is 138 g/mol. The quantitative estimate of drug-likeness (QED) is 0.469. The van der Waals surface area contributed by atoms with E-state index in [1.54, 1.807) is 6.08 Å². The van der Waals surface area contributed by atoms with E-state index in [1.807, 2.05) is 0 Å². The summed E-state index contributed by atoms with van der Waals surface area (Å²) >= 11 is 0. The fraction of sp³-hybridized carbons (Fsp3) is 0.714. The molecule has 0 rings (SSSR count). The fourth-order valence-corrected chi connectivity index (χ4v) is 0.584. The van der Waals surface area contributed by atoms with Gasteiger partial charge in [-0.25, -0.2) is 8.78 Å². The van der Waals surface area contributed by atoms with Gasteiger partial charge in [0.25, 0.3) is 5.92 Å². The Kier molecular flexibility index (Phi) is 4.19. The van der Waals surface area contributed by atoms with Crippen molar-refractivity contribution < 1.29 is 13.9 Å². The zero-order valence-corrected chi connectivity index (χ0v) is 5.82. The summed E-state index contributed by atoms with van der Waals surface area (Å²) in [5.41, 5.74) is 0. The second-order valence-electron chi connectivity index (χ2n) is 2.19. The highest BCUT2D eigenvalue weighted by molar-refractivity contribution is 4.70. The lowest BCUT2D eigenvalue weighted by Gasteiger charge is -2.11. The first kappa shape index (κ1) is 9.56. The average Bonchev–Trinajstić information content (AvgIpc) is 1.89. The average molecular weight is 150 g/mol. The molecule has 0 unspecified atom stereocenters. The maximum atomic E-state index is 12.2. The Balaban J connectivity index is 3.36. The Morgan fingerprint density at radius 2 is 2.10 bits per heavy atom. The van der Waals surface area contributed by atoms with Crippen molar-refractivity contribution in [1.82, 2.24) is 0 Å². The highest BCUT2D eigenvalue weighted by atomic mass is 19.3. The molecule has 0 atom stereocenters. The van der Waals surface area contributed by atoms with Crippen LogP contribution in [0, 0.1) is 0 Å². The maximum Gasteiger partial charge on any atom is 0.270 e. The van der Waals surface area contributed by atoms with Crippen LogP contribution in [0.25, 0.3) is 0 Å². The molecule has 0 radical (unpaired) electrons. The topological polar surface area (TPSA) is 20.2 Å². The van der Waals surface area contributed by atoms with Crippen molar-refractivity contribution in [2.24, 2.45) is 0 Å². The first-order valence-electron chi connectivity index (χ1n) is 3.22. The first-order valence-corrected chi connectivity index (χ1v) is 3.22. The molecular formula is C7H12F2O. The zero-order chi connectivity index (χ0) is 8.04. The van der Waals surface area contributed by atoms with E-state index in [-0.39, 0.29) is 6.42 Å². The summed E-state index contributed by atoms with van der Waals surface area (Å²) in [6.45, 7) is 2.35. The Morgan fingerprint density at radius 1 is 1.50 bits per heavy atom. The van der Waals surface area contributed by atoms with Gasteiger partial charge in [-0.2, -0.15) is 0 Å². The van der Waals surface area contributed by atoms with E-state index in [0.717, 1.165) is 0 Å². The highest BCUT2D eigenvalue weighted by Gasteiger charge is 2.26. The highest BCUT2D eigenvalue weighted by Crippen LogP contribution is 2.19. The van der Waals surface area contributed by atoms with Crippen molar-refractivity contribution in [2.45, 2.75) is 25.2 Å². The largest absolute Gasteiger partial charge is 0.390 e. The monoisotopic (exact) mass is 150 g/mol. The van der Waals surface area contributed by atoms with E-state index in [4.69, 9.17) is 5.11 Å². The second kappa shape index (κ2) is 4.39. The van der Waals surface area contributed by atoms with Crippen molar-refractivity contribution >= 4 is 0 Å². The minimum Gasteiger partial charge on any atom is -0.390 e. The van der Waals surface area contributed by atoms with Crippen molar-refractivity contribution in [3.05, 3.63) is 12.7 Å². The summed E-state index contributed by atoms with van der Waals surface area (Å²) in [6.07, 6.45) is 2.30. The molecule has 0 fully saturated rings. The van der Waals surface area contributed by atoms with Crippen LogP contribution in [-0.2, 0) is 0 Å². The number of aliphatic hydroxyl groups is 1. The van der Waals surface area contributed by atoms with Crippen molar-refractivity contribution in [3.8, 4) is 0 Å². The van der Waals surface area contributed by atoms with Crippen LogP contribution in [0.2, 0.25) is 0 Å². The molecule has 0 aliphatic heterocycles. The smallest absolute Gasteiger partial charge is 0.270 e. The number of alkyl halides is 2. The SMILES string of the molecule is C=CCCCC(F)(F)CO. The van der Waals surface area contributed by atoms with Crippen LogP contribution in [-0.4, -0.2) is 17.6 Å². The molecule has 0 aromatic rings. The van der Waals surface area contributed by atoms with Gasteiger partial charge in [0.05, 0.1) is 0 Å². The molecule has 3 heteroatoms. The number of hydrogen-bond donors (Lipinski definition) is 1. The summed E-state index contributed by atoms with van der Waals surface area (Å²) in [5.74, 6) is -2.90. The van der Waals surface area contributed by atoms with Crippen molar-refractivity contribution in [1.29, 1.82) is 0 Å². The van der Waals surface area contributed by atoms with E-state index >= 15 is 0 Å². The van der Waals surface area contributed by atoms with Gasteiger partial charge in [0.1, 0.15) is 6.61 Å². The van der Waals surface area contributed by atoms with Crippen LogP contribution < -0.4 is 0 Å². The van der Waals surface area contributed by atoms with Gasteiger partial charge in [0.2, 0.25) is 0 Å². The molecule has 10 heavy (non-hydrogen) atoms. The Morgan fingerprint density at radius 3 is 2.50 bits per heavy atom. The molecule has 0 saturated carbocycles. The minimum absolute atomic E-state index is 0.254. The second-order valence-corrected chi connectivity index (χ2v) is 2.19. The number of allylic oxidation sites excluding steroid dienone is 1. The third-order valence-electron chi connectivity index (χ3n) is 1.18. The van der Waals surface area contributed by atoms with Crippen LogP contribution >= 0.6 is 0 Å². The number of aliphatic hydroxyl groups excluding tert-OH is 1. The van der Waals surface area contributed by atoms with Gasteiger partial charge >= 0.3 is 0 Å². The van der Waals surface area contributed by atoms with Gasteiger partial charge in [-0.1, -0.05) is 6.08 Å².